The fourth-order valence-electron chi connectivity index (χ4n) is 1.52. The number of nitrogens with two attached hydrogens (primary N) is 1. The van der Waals surface area contributed by atoms with Gasteiger partial charge in [0.05, 0.1) is 0 Å². The lowest BCUT2D eigenvalue weighted by molar-refractivity contribution is 0.348. The summed E-state index contributed by atoms with van der Waals surface area (Å²) in [6, 6.07) is 8.07. The summed E-state index contributed by atoms with van der Waals surface area (Å²) >= 11 is 6.90. The number of rotatable bonds is 6. The molecule has 0 saturated heterocycles. The fraction of sp³-hybridized carbons (Fsp3) is 0.417. The molecule has 0 aromatic heterocycles. The average Bonchev–Trinajstić information content (AvgIpc) is 2.27. The van der Waals surface area contributed by atoms with Gasteiger partial charge >= 0.3 is 0 Å². The zero-order valence-corrected chi connectivity index (χ0v) is 11.4. The van der Waals surface area contributed by atoms with Gasteiger partial charge in [-0.1, -0.05) is 36.5 Å². The van der Waals surface area contributed by atoms with Crippen molar-refractivity contribution in [2.75, 3.05) is 25.6 Å². The minimum atomic E-state index is 0.480. The first kappa shape index (κ1) is 13.5. The molecule has 1 aromatic rings. The number of hydrogen-bond acceptors (Lipinski definition) is 3. The smallest absolute Gasteiger partial charge is 0.104 e. The van der Waals surface area contributed by atoms with Crippen molar-refractivity contribution in [2.24, 2.45) is 5.73 Å². The van der Waals surface area contributed by atoms with Gasteiger partial charge in [-0.25, -0.2) is 0 Å². The van der Waals surface area contributed by atoms with Gasteiger partial charge in [-0.2, -0.15) is 11.8 Å². The van der Waals surface area contributed by atoms with Crippen LogP contribution in [-0.2, 0) is 6.54 Å². The summed E-state index contributed by atoms with van der Waals surface area (Å²) in [7, 11) is 2.12. The molecule has 2 nitrogen and oxygen atoms in total. The molecule has 0 heterocycles. The fourth-order valence-corrected chi connectivity index (χ4v) is 2.21. The summed E-state index contributed by atoms with van der Waals surface area (Å²) in [5.41, 5.74) is 7.90. The molecule has 0 fully saturated rings. The molecule has 88 valence electrons. The number of thioether (sulfide) groups is 1. The number of benzene rings is 1. The monoisotopic (exact) mass is 254 g/mol. The van der Waals surface area contributed by atoms with Crippen molar-refractivity contribution in [1.29, 1.82) is 0 Å². The standard InChI is InChI=1S/C12H18N2S2/c1-14(7-8-16-2)9-10-5-3-4-6-11(10)12(13)15/h3-6H,7-9H2,1-2H3,(H2,13,15). The highest BCUT2D eigenvalue weighted by Crippen LogP contribution is 2.11. The van der Waals surface area contributed by atoms with Crippen LogP contribution in [0.3, 0.4) is 0 Å². The molecule has 0 spiro atoms. The van der Waals surface area contributed by atoms with E-state index in [1.54, 1.807) is 0 Å². The van der Waals surface area contributed by atoms with Crippen molar-refractivity contribution in [2.45, 2.75) is 6.54 Å². The molecule has 0 aliphatic heterocycles. The predicted molar refractivity (Wildman–Crippen MR) is 77.0 cm³/mol. The Bertz CT molecular complexity index is 353. The van der Waals surface area contributed by atoms with Gasteiger partial charge in [-0.15, -0.1) is 0 Å². The number of hydrogen-bond donors (Lipinski definition) is 1. The van der Waals surface area contributed by atoms with Crippen LogP contribution in [0.1, 0.15) is 11.1 Å². The minimum Gasteiger partial charge on any atom is -0.389 e. The van der Waals surface area contributed by atoms with E-state index in [9.17, 15) is 0 Å². The Kier molecular flexibility index (Phi) is 5.80. The topological polar surface area (TPSA) is 29.3 Å². The summed E-state index contributed by atoms with van der Waals surface area (Å²) < 4.78 is 0. The first-order valence-corrected chi connectivity index (χ1v) is 7.00. The molecular weight excluding hydrogens is 236 g/mol. The van der Waals surface area contributed by atoms with E-state index in [0.717, 1.165) is 24.4 Å². The van der Waals surface area contributed by atoms with Gasteiger partial charge in [0.2, 0.25) is 0 Å². The summed E-state index contributed by atoms with van der Waals surface area (Å²) in [4.78, 5) is 2.77. The van der Waals surface area contributed by atoms with Crippen LogP contribution in [0.15, 0.2) is 24.3 Å². The van der Waals surface area contributed by atoms with E-state index in [0.29, 0.717) is 4.99 Å². The molecule has 16 heavy (non-hydrogen) atoms. The van der Waals surface area contributed by atoms with Crippen LogP contribution in [0.25, 0.3) is 0 Å². The zero-order valence-electron chi connectivity index (χ0n) is 9.77. The van der Waals surface area contributed by atoms with Crippen LogP contribution in [-0.4, -0.2) is 35.5 Å². The third-order valence-electron chi connectivity index (χ3n) is 2.40. The third-order valence-corrected chi connectivity index (χ3v) is 3.21. The summed E-state index contributed by atoms with van der Waals surface area (Å²) in [5, 5.41) is 0. The van der Waals surface area contributed by atoms with Crippen molar-refractivity contribution < 1.29 is 0 Å². The van der Waals surface area contributed by atoms with Crippen molar-refractivity contribution >= 4 is 29.0 Å². The van der Waals surface area contributed by atoms with Gasteiger partial charge in [-0.05, 0) is 18.9 Å². The summed E-state index contributed by atoms with van der Waals surface area (Å²) in [6.45, 7) is 1.97. The van der Waals surface area contributed by atoms with Crippen molar-refractivity contribution in [3.8, 4) is 0 Å². The first-order chi connectivity index (χ1) is 7.65. The Hall–Kier alpha value is -0.580. The van der Waals surface area contributed by atoms with Gasteiger partial charge in [-0.3, -0.25) is 0 Å². The van der Waals surface area contributed by atoms with Gasteiger partial charge < -0.3 is 10.6 Å². The van der Waals surface area contributed by atoms with E-state index in [1.807, 2.05) is 30.0 Å². The third kappa shape index (κ3) is 4.12. The Labute approximate surface area is 107 Å². The van der Waals surface area contributed by atoms with Gasteiger partial charge in [0.15, 0.2) is 0 Å². The van der Waals surface area contributed by atoms with Crippen LogP contribution in [0, 0.1) is 0 Å². The molecule has 0 unspecified atom stereocenters. The van der Waals surface area contributed by atoms with Crippen LogP contribution < -0.4 is 5.73 Å². The molecule has 0 bridgehead atoms. The SMILES string of the molecule is CSCCN(C)Cc1ccccc1C(N)=S. The molecule has 0 atom stereocenters. The lowest BCUT2D eigenvalue weighted by Gasteiger charge is -2.17. The highest BCUT2D eigenvalue weighted by atomic mass is 32.2. The molecule has 1 rings (SSSR count). The Morgan fingerprint density at radius 2 is 2.12 bits per heavy atom. The molecule has 0 amide bonds. The molecule has 0 aliphatic rings. The summed E-state index contributed by atoms with van der Waals surface area (Å²) in [6.07, 6.45) is 2.12. The largest absolute Gasteiger partial charge is 0.389 e. The van der Waals surface area contributed by atoms with E-state index in [4.69, 9.17) is 18.0 Å². The van der Waals surface area contributed by atoms with Gasteiger partial charge in [0, 0.05) is 24.4 Å². The Balaban J connectivity index is 2.69. The molecule has 1 aromatic carbocycles. The zero-order chi connectivity index (χ0) is 12.0. The van der Waals surface area contributed by atoms with Crippen molar-refractivity contribution in [3.63, 3.8) is 0 Å². The second kappa shape index (κ2) is 6.89. The van der Waals surface area contributed by atoms with Crippen LogP contribution in [0.4, 0.5) is 0 Å². The quantitative estimate of drug-likeness (QED) is 0.787. The molecule has 2 N–H and O–H groups in total. The Morgan fingerprint density at radius 1 is 1.44 bits per heavy atom. The normalized spacial score (nSPS) is 10.7. The molecule has 0 radical (unpaired) electrons. The van der Waals surface area contributed by atoms with E-state index in [2.05, 4.69) is 24.3 Å². The van der Waals surface area contributed by atoms with Gasteiger partial charge in [0.1, 0.15) is 4.99 Å². The van der Waals surface area contributed by atoms with E-state index >= 15 is 0 Å². The lowest BCUT2D eigenvalue weighted by Crippen LogP contribution is -2.23. The second-order valence-electron chi connectivity index (χ2n) is 3.75. The number of nitrogens with zero attached hydrogens (tertiary/aromatic N) is 1. The summed E-state index contributed by atoms with van der Waals surface area (Å²) in [5.74, 6) is 1.14. The first-order valence-electron chi connectivity index (χ1n) is 5.20. The maximum atomic E-state index is 5.70. The molecule has 0 aliphatic carbocycles. The molecule has 0 saturated carbocycles. The minimum absolute atomic E-state index is 0.480. The lowest BCUT2D eigenvalue weighted by atomic mass is 10.1. The Morgan fingerprint density at radius 3 is 2.75 bits per heavy atom. The van der Waals surface area contributed by atoms with Crippen molar-refractivity contribution in [3.05, 3.63) is 35.4 Å². The second-order valence-corrected chi connectivity index (χ2v) is 5.18. The average molecular weight is 254 g/mol. The van der Waals surface area contributed by atoms with E-state index < -0.39 is 0 Å². The molecule has 4 heteroatoms. The van der Waals surface area contributed by atoms with Crippen LogP contribution in [0.5, 0.6) is 0 Å². The van der Waals surface area contributed by atoms with E-state index in [1.165, 1.54) is 5.56 Å². The number of thiocarbonyl (C=S) groups is 1. The molecular formula is C12H18N2S2. The maximum Gasteiger partial charge on any atom is 0.104 e. The van der Waals surface area contributed by atoms with E-state index in [-0.39, 0.29) is 0 Å². The van der Waals surface area contributed by atoms with Crippen LogP contribution in [0.2, 0.25) is 0 Å². The van der Waals surface area contributed by atoms with Gasteiger partial charge in [0.25, 0.3) is 0 Å². The van der Waals surface area contributed by atoms with Crippen molar-refractivity contribution in [1.82, 2.24) is 4.90 Å². The highest BCUT2D eigenvalue weighted by Gasteiger charge is 2.06. The highest BCUT2D eigenvalue weighted by molar-refractivity contribution is 7.98. The maximum absolute atomic E-state index is 5.70. The van der Waals surface area contributed by atoms with Crippen LogP contribution >= 0.6 is 24.0 Å². The predicted octanol–water partition coefficient (Wildman–Crippen LogP) is 2.12.